The third-order valence-corrected chi connectivity index (χ3v) is 2.67. The molecule has 1 unspecified atom stereocenters. The third-order valence-electron chi connectivity index (χ3n) is 2.00. The number of benzene rings is 1. The molecule has 0 aromatic heterocycles. The van der Waals surface area contributed by atoms with E-state index in [-0.39, 0.29) is 6.04 Å². The second-order valence-electron chi connectivity index (χ2n) is 3.79. The zero-order valence-corrected chi connectivity index (χ0v) is 10.3. The van der Waals surface area contributed by atoms with Gasteiger partial charge >= 0.3 is 0 Å². The normalized spacial score (nSPS) is 13.3. The van der Waals surface area contributed by atoms with Crippen molar-refractivity contribution < 1.29 is 0 Å². The standard InChI is InChI=1S/C11H16IN/c1-8(2)6-11(13)9-4-3-5-10(12)7-9/h3-5,7-8,11H,6,13H2,1-2H3. The van der Waals surface area contributed by atoms with Crippen molar-refractivity contribution in [1.82, 2.24) is 0 Å². The maximum absolute atomic E-state index is 6.06. The van der Waals surface area contributed by atoms with Crippen LogP contribution in [-0.4, -0.2) is 0 Å². The Morgan fingerprint density at radius 2 is 2.08 bits per heavy atom. The first-order valence-electron chi connectivity index (χ1n) is 4.60. The molecule has 0 saturated heterocycles. The minimum atomic E-state index is 0.190. The van der Waals surface area contributed by atoms with E-state index < -0.39 is 0 Å². The predicted molar refractivity (Wildman–Crippen MR) is 65.5 cm³/mol. The van der Waals surface area contributed by atoms with Crippen LogP contribution in [0.1, 0.15) is 31.9 Å². The minimum absolute atomic E-state index is 0.190. The van der Waals surface area contributed by atoms with Gasteiger partial charge in [-0.25, -0.2) is 0 Å². The van der Waals surface area contributed by atoms with E-state index in [0.717, 1.165) is 6.42 Å². The van der Waals surface area contributed by atoms with E-state index in [4.69, 9.17) is 5.73 Å². The fourth-order valence-corrected chi connectivity index (χ4v) is 1.95. The lowest BCUT2D eigenvalue weighted by molar-refractivity contribution is 0.510. The van der Waals surface area contributed by atoms with Gasteiger partial charge in [0.1, 0.15) is 0 Å². The molecule has 0 aliphatic carbocycles. The SMILES string of the molecule is CC(C)CC(N)c1cccc(I)c1. The molecule has 1 aromatic carbocycles. The molecule has 72 valence electrons. The average Bonchev–Trinajstić information content (AvgIpc) is 2.03. The number of hydrogen-bond acceptors (Lipinski definition) is 1. The van der Waals surface area contributed by atoms with Crippen LogP contribution in [0.4, 0.5) is 0 Å². The van der Waals surface area contributed by atoms with Crippen LogP contribution in [0, 0.1) is 9.49 Å². The van der Waals surface area contributed by atoms with Gasteiger partial charge in [0.25, 0.3) is 0 Å². The lowest BCUT2D eigenvalue weighted by Gasteiger charge is -2.14. The van der Waals surface area contributed by atoms with Gasteiger partial charge in [0.05, 0.1) is 0 Å². The van der Waals surface area contributed by atoms with E-state index >= 15 is 0 Å². The van der Waals surface area contributed by atoms with Gasteiger partial charge in [0.2, 0.25) is 0 Å². The molecule has 1 nitrogen and oxygen atoms in total. The lowest BCUT2D eigenvalue weighted by Crippen LogP contribution is -2.12. The Balaban J connectivity index is 2.71. The molecule has 13 heavy (non-hydrogen) atoms. The van der Waals surface area contributed by atoms with E-state index in [9.17, 15) is 0 Å². The van der Waals surface area contributed by atoms with Crippen molar-refractivity contribution in [2.24, 2.45) is 11.7 Å². The van der Waals surface area contributed by atoms with E-state index in [1.807, 2.05) is 0 Å². The molecular formula is C11H16IN. The zero-order valence-electron chi connectivity index (χ0n) is 8.13. The van der Waals surface area contributed by atoms with Gasteiger partial charge in [-0.05, 0) is 52.6 Å². The van der Waals surface area contributed by atoms with E-state index in [2.05, 4.69) is 60.7 Å². The first-order chi connectivity index (χ1) is 6.09. The number of hydrogen-bond donors (Lipinski definition) is 1. The van der Waals surface area contributed by atoms with Crippen LogP contribution in [0.25, 0.3) is 0 Å². The van der Waals surface area contributed by atoms with Crippen molar-refractivity contribution in [2.75, 3.05) is 0 Å². The van der Waals surface area contributed by atoms with Gasteiger partial charge in [0.15, 0.2) is 0 Å². The maximum Gasteiger partial charge on any atom is 0.0297 e. The highest BCUT2D eigenvalue weighted by molar-refractivity contribution is 14.1. The van der Waals surface area contributed by atoms with Crippen LogP contribution in [0.3, 0.4) is 0 Å². The Morgan fingerprint density at radius 3 is 2.62 bits per heavy atom. The Hall–Kier alpha value is -0.0900. The van der Waals surface area contributed by atoms with Crippen molar-refractivity contribution in [2.45, 2.75) is 26.3 Å². The molecule has 0 saturated carbocycles. The van der Waals surface area contributed by atoms with E-state index in [0.29, 0.717) is 5.92 Å². The van der Waals surface area contributed by atoms with Crippen molar-refractivity contribution in [3.8, 4) is 0 Å². The number of halogens is 1. The summed E-state index contributed by atoms with van der Waals surface area (Å²) in [6.45, 7) is 4.40. The average molecular weight is 289 g/mol. The summed E-state index contributed by atoms with van der Waals surface area (Å²) in [5, 5.41) is 0. The van der Waals surface area contributed by atoms with Crippen LogP contribution in [-0.2, 0) is 0 Å². The summed E-state index contributed by atoms with van der Waals surface area (Å²) < 4.78 is 1.26. The largest absolute Gasteiger partial charge is 0.324 e. The molecule has 1 atom stereocenters. The summed E-state index contributed by atoms with van der Waals surface area (Å²) in [5.41, 5.74) is 7.31. The van der Waals surface area contributed by atoms with Crippen LogP contribution >= 0.6 is 22.6 Å². The highest BCUT2D eigenvalue weighted by Gasteiger charge is 2.07. The van der Waals surface area contributed by atoms with Crippen LogP contribution < -0.4 is 5.73 Å². The summed E-state index contributed by atoms with van der Waals surface area (Å²) in [6, 6.07) is 8.61. The summed E-state index contributed by atoms with van der Waals surface area (Å²) in [4.78, 5) is 0. The van der Waals surface area contributed by atoms with E-state index in [1.54, 1.807) is 0 Å². The molecule has 0 fully saturated rings. The Kier molecular flexibility index (Phi) is 4.19. The molecule has 0 radical (unpaired) electrons. The van der Waals surface area contributed by atoms with Crippen LogP contribution in [0.2, 0.25) is 0 Å². The molecule has 2 heteroatoms. The summed E-state index contributed by atoms with van der Waals surface area (Å²) in [5.74, 6) is 0.660. The van der Waals surface area contributed by atoms with Gasteiger partial charge in [-0.3, -0.25) is 0 Å². The monoisotopic (exact) mass is 289 g/mol. The molecule has 1 rings (SSSR count). The molecule has 0 aliphatic heterocycles. The maximum atomic E-state index is 6.06. The zero-order chi connectivity index (χ0) is 9.84. The van der Waals surface area contributed by atoms with Crippen molar-refractivity contribution >= 4 is 22.6 Å². The Labute approximate surface area is 93.9 Å². The summed E-state index contributed by atoms with van der Waals surface area (Å²) in [6.07, 6.45) is 1.06. The molecule has 0 heterocycles. The van der Waals surface area contributed by atoms with Gasteiger partial charge in [-0.1, -0.05) is 26.0 Å². The highest BCUT2D eigenvalue weighted by atomic mass is 127. The second-order valence-corrected chi connectivity index (χ2v) is 5.04. The Morgan fingerprint density at radius 1 is 1.38 bits per heavy atom. The fraction of sp³-hybridized carbons (Fsp3) is 0.455. The number of rotatable bonds is 3. The van der Waals surface area contributed by atoms with Crippen molar-refractivity contribution in [3.05, 3.63) is 33.4 Å². The quantitative estimate of drug-likeness (QED) is 0.849. The molecule has 1 aromatic rings. The summed E-state index contributed by atoms with van der Waals surface area (Å²) >= 11 is 2.32. The highest BCUT2D eigenvalue weighted by Crippen LogP contribution is 2.19. The van der Waals surface area contributed by atoms with E-state index in [1.165, 1.54) is 9.13 Å². The predicted octanol–water partition coefficient (Wildman–Crippen LogP) is 3.34. The van der Waals surface area contributed by atoms with Gasteiger partial charge in [0, 0.05) is 9.61 Å². The Bertz CT molecular complexity index is 271. The van der Waals surface area contributed by atoms with Gasteiger partial charge < -0.3 is 5.73 Å². The molecule has 0 spiro atoms. The topological polar surface area (TPSA) is 26.0 Å². The summed E-state index contributed by atoms with van der Waals surface area (Å²) in [7, 11) is 0. The smallest absolute Gasteiger partial charge is 0.0297 e. The lowest BCUT2D eigenvalue weighted by atomic mass is 9.98. The second kappa shape index (κ2) is 4.96. The molecule has 0 bridgehead atoms. The van der Waals surface area contributed by atoms with Crippen LogP contribution in [0.5, 0.6) is 0 Å². The molecule has 0 amide bonds. The molecular weight excluding hydrogens is 273 g/mol. The first-order valence-corrected chi connectivity index (χ1v) is 5.68. The van der Waals surface area contributed by atoms with Crippen molar-refractivity contribution in [1.29, 1.82) is 0 Å². The molecule has 2 N–H and O–H groups in total. The third kappa shape index (κ3) is 3.65. The first kappa shape index (κ1) is 11.0. The minimum Gasteiger partial charge on any atom is -0.324 e. The van der Waals surface area contributed by atoms with Crippen LogP contribution in [0.15, 0.2) is 24.3 Å². The van der Waals surface area contributed by atoms with Gasteiger partial charge in [-0.2, -0.15) is 0 Å². The van der Waals surface area contributed by atoms with Gasteiger partial charge in [-0.15, -0.1) is 0 Å². The van der Waals surface area contributed by atoms with Crippen molar-refractivity contribution in [3.63, 3.8) is 0 Å². The number of nitrogens with two attached hydrogens (primary N) is 1. The fourth-order valence-electron chi connectivity index (χ4n) is 1.38. The molecule has 0 aliphatic rings.